The molecule has 0 saturated carbocycles. The molecule has 0 atom stereocenters. The number of nitrogens with zero attached hydrogens (tertiary/aromatic N) is 2. The summed E-state index contributed by atoms with van der Waals surface area (Å²) in [6.45, 7) is 0. The number of hydrogen-bond donors (Lipinski definition) is 2. The van der Waals surface area contributed by atoms with E-state index in [1.807, 2.05) is 36.0 Å². The molecule has 3 aromatic rings. The lowest BCUT2D eigenvalue weighted by molar-refractivity contribution is 0.0690. The highest BCUT2D eigenvalue weighted by atomic mass is 16.5. The number of methoxy groups -OCH3 is 1. The molecule has 0 saturated heterocycles. The molecule has 0 fully saturated rings. The lowest BCUT2D eigenvalue weighted by Crippen LogP contribution is -1.95. The van der Waals surface area contributed by atoms with Crippen LogP contribution in [0.25, 0.3) is 22.2 Å². The Morgan fingerprint density at radius 3 is 2.85 bits per heavy atom. The highest BCUT2D eigenvalue weighted by Crippen LogP contribution is 2.36. The number of nitrogens with one attached hydrogen (secondary N) is 1. The third-order valence-corrected chi connectivity index (χ3v) is 3.31. The molecule has 2 aromatic heterocycles. The van der Waals surface area contributed by atoms with Gasteiger partial charge in [-0.15, -0.1) is 0 Å². The van der Waals surface area contributed by atoms with Gasteiger partial charge in [-0.25, -0.2) is 4.79 Å². The molecule has 0 aliphatic carbocycles. The summed E-state index contributed by atoms with van der Waals surface area (Å²) in [6.07, 6.45) is 1.94. The maximum atomic E-state index is 11.0. The Balaban J connectivity index is 2.29. The molecule has 0 amide bonds. The van der Waals surface area contributed by atoms with Gasteiger partial charge in [0.1, 0.15) is 11.4 Å². The van der Waals surface area contributed by atoms with E-state index in [0.717, 1.165) is 16.5 Å². The summed E-state index contributed by atoms with van der Waals surface area (Å²) in [5, 5.41) is 16.5. The van der Waals surface area contributed by atoms with Crippen LogP contribution in [0, 0.1) is 0 Å². The first kappa shape index (κ1) is 12.3. The van der Waals surface area contributed by atoms with Crippen molar-refractivity contribution in [1.29, 1.82) is 0 Å². The summed E-state index contributed by atoms with van der Waals surface area (Å²) < 4.78 is 7.37. The summed E-state index contributed by atoms with van der Waals surface area (Å²) in [5.41, 5.74) is 2.42. The molecule has 0 radical (unpaired) electrons. The van der Waals surface area contributed by atoms with Crippen LogP contribution >= 0.6 is 0 Å². The number of fused-ring (bicyclic) bond motifs is 1. The largest absolute Gasteiger partial charge is 0.496 e. The third kappa shape index (κ3) is 1.73. The van der Waals surface area contributed by atoms with Gasteiger partial charge >= 0.3 is 5.97 Å². The normalized spacial score (nSPS) is 10.9. The number of carbonyl (C=O) groups is 1. The van der Waals surface area contributed by atoms with Crippen LogP contribution in [0.1, 0.15) is 10.5 Å². The predicted octanol–water partition coefficient (Wildman–Crippen LogP) is 2.28. The maximum absolute atomic E-state index is 11.0. The number of aromatic nitrogens is 3. The molecule has 2 N–H and O–H groups in total. The van der Waals surface area contributed by atoms with Gasteiger partial charge in [0.2, 0.25) is 0 Å². The first-order valence-corrected chi connectivity index (χ1v) is 6.03. The van der Waals surface area contributed by atoms with Gasteiger partial charge in [0.25, 0.3) is 0 Å². The van der Waals surface area contributed by atoms with Crippen molar-refractivity contribution in [2.24, 2.45) is 7.05 Å². The quantitative estimate of drug-likeness (QED) is 0.765. The van der Waals surface area contributed by atoms with Crippen molar-refractivity contribution in [3.05, 3.63) is 36.2 Å². The topological polar surface area (TPSA) is 80.1 Å². The van der Waals surface area contributed by atoms with Gasteiger partial charge in [0, 0.05) is 24.1 Å². The minimum atomic E-state index is -1.04. The van der Waals surface area contributed by atoms with E-state index in [1.54, 1.807) is 7.11 Å². The highest BCUT2D eigenvalue weighted by molar-refractivity contribution is 5.99. The molecule has 102 valence electrons. The molecule has 1 aromatic carbocycles. The second-order valence-corrected chi connectivity index (χ2v) is 4.47. The van der Waals surface area contributed by atoms with Crippen molar-refractivity contribution in [3.63, 3.8) is 0 Å². The van der Waals surface area contributed by atoms with E-state index >= 15 is 0 Å². The Morgan fingerprint density at radius 1 is 1.40 bits per heavy atom. The number of aryl methyl sites for hydroxylation is 1. The van der Waals surface area contributed by atoms with Crippen LogP contribution in [0.15, 0.2) is 30.5 Å². The lowest BCUT2D eigenvalue weighted by atomic mass is 10.1. The van der Waals surface area contributed by atoms with E-state index in [1.165, 1.54) is 6.07 Å². The summed E-state index contributed by atoms with van der Waals surface area (Å²) in [7, 11) is 3.53. The van der Waals surface area contributed by atoms with Crippen LogP contribution in [0.2, 0.25) is 0 Å². The summed E-state index contributed by atoms with van der Waals surface area (Å²) in [6, 6.07) is 7.28. The monoisotopic (exact) mass is 271 g/mol. The van der Waals surface area contributed by atoms with E-state index in [2.05, 4.69) is 10.2 Å². The van der Waals surface area contributed by atoms with E-state index in [4.69, 9.17) is 9.84 Å². The van der Waals surface area contributed by atoms with Gasteiger partial charge in [-0.2, -0.15) is 5.10 Å². The Labute approximate surface area is 114 Å². The number of aromatic amines is 1. The molecular formula is C14H13N3O3. The average molecular weight is 271 g/mol. The molecule has 3 rings (SSSR count). The summed E-state index contributed by atoms with van der Waals surface area (Å²) >= 11 is 0. The van der Waals surface area contributed by atoms with E-state index in [-0.39, 0.29) is 5.69 Å². The summed E-state index contributed by atoms with van der Waals surface area (Å²) in [5.74, 6) is -0.380. The van der Waals surface area contributed by atoms with Crippen LogP contribution < -0.4 is 4.74 Å². The highest BCUT2D eigenvalue weighted by Gasteiger charge is 2.17. The number of hydrogen-bond acceptors (Lipinski definition) is 3. The summed E-state index contributed by atoms with van der Waals surface area (Å²) in [4.78, 5) is 11.0. The standard InChI is InChI=1S/C14H13N3O3/c1-17-6-5-8-11(17)3-4-12(20-2)13(8)9-7-10(14(18)19)16-15-9/h3-7H,1-2H3,(H,15,16)(H,18,19). The number of H-pyrrole nitrogens is 1. The second kappa shape index (κ2) is 4.41. The van der Waals surface area contributed by atoms with Crippen LogP contribution in [-0.4, -0.2) is 33.0 Å². The molecule has 0 spiro atoms. The molecule has 0 aliphatic rings. The smallest absolute Gasteiger partial charge is 0.353 e. The first-order chi connectivity index (χ1) is 9.61. The van der Waals surface area contributed by atoms with Crippen LogP contribution in [0.5, 0.6) is 5.75 Å². The number of carboxylic acid groups (broad SMARTS) is 1. The molecule has 6 heteroatoms. The van der Waals surface area contributed by atoms with Gasteiger partial charge < -0.3 is 14.4 Å². The fourth-order valence-electron chi connectivity index (χ4n) is 2.33. The molecular weight excluding hydrogens is 258 g/mol. The Hall–Kier alpha value is -2.76. The van der Waals surface area contributed by atoms with Gasteiger partial charge in [-0.05, 0) is 24.3 Å². The number of aromatic carboxylic acids is 1. The number of ether oxygens (including phenoxy) is 1. The third-order valence-electron chi connectivity index (χ3n) is 3.31. The molecule has 0 bridgehead atoms. The molecule has 2 heterocycles. The van der Waals surface area contributed by atoms with Crippen molar-refractivity contribution >= 4 is 16.9 Å². The van der Waals surface area contributed by atoms with Gasteiger partial charge in [0.05, 0.1) is 18.4 Å². The first-order valence-electron chi connectivity index (χ1n) is 6.03. The maximum Gasteiger partial charge on any atom is 0.353 e. The zero-order valence-corrected chi connectivity index (χ0v) is 11.0. The minimum Gasteiger partial charge on any atom is -0.496 e. The van der Waals surface area contributed by atoms with Crippen molar-refractivity contribution in [2.75, 3.05) is 7.11 Å². The molecule has 6 nitrogen and oxygen atoms in total. The van der Waals surface area contributed by atoms with E-state index in [0.29, 0.717) is 11.4 Å². The zero-order valence-electron chi connectivity index (χ0n) is 11.0. The van der Waals surface area contributed by atoms with Crippen LogP contribution in [0.4, 0.5) is 0 Å². The molecule has 0 unspecified atom stereocenters. The number of benzene rings is 1. The van der Waals surface area contributed by atoms with Gasteiger partial charge in [-0.1, -0.05) is 0 Å². The van der Waals surface area contributed by atoms with E-state index < -0.39 is 5.97 Å². The number of rotatable bonds is 3. The number of carboxylic acids is 1. The van der Waals surface area contributed by atoms with Crippen LogP contribution in [0.3, 0.4) is 0 Å². The Bertz CT molecular complexity index is 801. The zero-order chi connectivity index (χ0) is 14.3. The SMILES string of the molecule is COc1ccc2c(ccn2C)c1-c1cc(C(=O)O)[nH]n1. The minimum absolute atomic E-state index is 0.0509. The van der Waals surface area contributed by atoms with Crippen molar-refractivity contribution < 1.29 is 14.6 Å². The van der Waals surface area contributed by atoms with Crippen molar-refractivity contribution in [3.8, 4) is 17.0 Å². The van der Waals surface area contributed by atoms with Gasteiger partial charge in [0.15, 0.2) is 0 Å². The lowest BCUT2D eigenvalue weighted by Gasteiger charge is -2.08. The van der Waals surface area contributed by atoms with Crippen LogP contribution in [-0.2, 0) is 7.05 Å². The fraction of sp³-hybridized carbons (Fsp3) is 0.143. The van der Waals surface area contributed by atoms with Crippen molar-refractivity contribution in [2.45, 2.75) is 0 Å². The second-order valence-electron chi connectivity index (χ2n) is 4.47. The van der Waals surface area contributed by atoms with E-state index in [9.17, 15) is 4.79 Å². The fourth-order valence-corrected chi connectivity index (χ4v) is 2.33. The van der Waals surface area contributed by atoms with Crippen molar-refractivity contribution in [1.82, 2.24) is 14.8 Å². The Morgan fingerprint density at radius 2 is 2.20 bits per heavy atom. The average Bonchev–Trinajstić information content (AvgIpc) is 3.05. The predicted molar refractivity (Wildman–Crippen MR) is 74.0 cm³/mol. The Kier molecular flexibility index (Phi) is 2.71. The van der Waals surface area contributed by atoms with Gasteiger partial charge in [-0.3, -0.25) is 5.10 Å². The molecule has 0 aliphatic heterocycles. The molecule has 20 heavy (non-hydrogen) atoms.